The molecule has 0 amide bonds. The van der Waals surface area contributed by atoms with Gasteiger partial charge in [0, 0.05) is 0 Å². The highest BCUT2D eigenvalue weighted by Crippen LogP contribution is 2.24. The lowest BCUT2D eigenvalue weighted by Gasteiger charge is -2.09. The van der Waals surface area contributed by atoms with Crippen LogP contribution in [-0.4, -0.2) is 13.7 Å². The molecule has 0 aliphatic rings. The lowest BCUT2D eigenvalue weighted by molar-refractivity contribution is 0.217. The molecule has 2 nitrogen and oxygen atoms in total. The SMILES string of the molecule is CC/C=C(\COc1ccccc1Br)OC.CCC. The fraction of sp³-hybridized carbons (Fsp3) is 0.467. The molecule has 0 saturated carbocycles. The molecule has 1 aromatic carbocycles. The molecular weight excluding hydrogens is 292 g/mol. The second-order valence-corrected chi connectivity index (χ2v) is 4.56. The number of ether oxygens (including phenoxy) is 2. The quantitative estimate of drug-likeness (QED) is 0.697. The third-order valence-electron chi connectivity index (χ3n) is 1.90. The first-order valence-electron chi connectivity index (χ1n) is 6.29. The summed E-state index contributed by atoms with van der Waals surface area (Å²) in [5.74, 6) is 1.69. The van der Waals surface area contributed by atoms with E-state index in [9.17, 15) is 0 Å². The van der Waals surface area contributed by atoms with Crippen molar-refractivity contribution in [2.45, 2.75) is 33.6 Å². The molecule has 0 unspecified atom stereocenters. The third kappa shape index (κ3) is 7.38. The molecule has 0 fully saturated rings. The molecule has 0 bridgehead atoms. The van der Waals surface area contributed by atoms with Crippen LogP contribution in [-0.2, 0) is 4.74 Å². The fourth-order valence-corrected chi connectivity index (χ4v) is 1.54. The first-order chi connectivity index (χ1) is 8.69. The zero-order chi connectivity index (χ0) is 13.8. The van der Waals surface area contributed by atoms with Crippen molar-refractivity contribution < 1.29 is 9.47 Å². The Bertz CT molecular complexity index is 348. The van der Waals surface area contributed by atoms with E-state index in [0.717, 1.165) is 22.4 Å². The van der Waals surface area contributed by atoms with Crippen molar-refractivity contribution in [3.8, 4) is 5.75 Å². The number of methoxy groups -OCH3 is 1. The topological polar surface area (TPSA) is 18.5 Å². The number of benzene rings is 1. The van der Waals surface area contributed by atoms with Crippen LogP contribution in [0.3, 0.4) is 0 Å². The molecule has 3 heteroatoms. The Labute approximate surface area is 119 Å². The number of hydrogen-bond donors (Lipinski definition) is 0. The summed E-state index contributed by atoms with van der Waals surface area (Å²) < 4.78 is 11.7. The fourth-order valence-electron chi connectivity index (χ4n) is 1.14. The monoisotopic (exact) mass is 314 g/mol. The van der Waals surface area contributed by atoms with Gasteiger partial charge in [0.05, 0.1) is 11.6 Å². The lowest BCUT2D eigenvalue weighted by Crippen LogP contribution is -2.03. The van der Waals surface area contributed by atoms with Crippen molar-refractivity contribution in [3.63, 3.8) is 0 Å². The summed E-state index contributed by atoms with van der Waals surface area (Å²) >= 11 is 3.42. The van der Waals surface area contributed by atoms with Crippen LogP contribution in [0.5, 0.6) is 5.75 Å². The maximum atomic E-state index is 5.60. The molecular formula is C15H23BrO2. The van der Waals surface area contributed by atoms with Crippen molar-refractivity contribution in [2.75, 3.05) is 13.7 Å². The van der Waals surface area contributed by atoms with Gasteiger partial charge in [0.25, 0.3) is 0 Å². The summed E-state index contributed by atoms with van der Waals surface area (Å²) in [6.07, 6.45) is 4.21. The molecule has 1 rings (SSSR count). The highest BCUT2D eigenvalue weighted by molar-refractivity contribution is 9.10. The number of rotatable bonds is 5. The summed E-state index contributed by atoms with van der Waals surface area (Å²) in [6.45, 7) is 6.78. The van der Waals surface area contributed by atoms with Crippen LogP contribution >= 0.6 is 15.9 Å². The van der Waals surface area contributed by atoms with Gasteiger partial charge in [-0.3, -0.25) is 0 Å². The highest BCUT2D eigenvalue weighted by Gasteiger charge is 2.01. The maximum Gasteiger partial charge on any atom is 0.145 e. The standard InChI is InChI=1S/C12H15BrO2.C3H8/c1-3-6-10(14-2)9-15-12-8-5-4-7-11(12)13;1-3-2/h4-8H,3,9H2,1-2H3;3H2,1-2H3/b10-6+;. The molecule has 0 aliphatic heterocycles. The van der Waals surface area contributed by atoms with Crippen LogP contribution in [0.15, 0.2) is 40.6 Å². The predicted molar refractivity (Wildman–Crippen MR) is 81.0 cm³/mol. The van der Waals surface area contributed by atoms with E-state index in [2.05, 4.69) is 36.7 Å². The second-order valence-electron chi connectivity index (χ2n) is 3.71. The van der Waals surface area contributed by atoms with Crippen molar-refractivity contribution in [3.05, 3.63) is 40.6 Å². The van der Waals surface area contributed by atoms with Gasteiger partial charge in [-0.2, -0.15) is 0 Å². The van der Waals surface area contributed by atoms with Crippen LogP contribution in [0.2, 0.25) is 0 Å². The number of halogens is 1. The van der Waals surface area contributed by atoms with Crippen molar-refractivity contribution in [2.24, 2.45) is 0 Å². The van der Waals surface area contributed by atoms with Gasteiger partial charge in [-0.1, -0.05) is 39.3 Å². The Morgan fingerprint density at radius 2 is 1.83 bits per heavy atom. The van der Waals surface area contributed by atoms with Gasteiger partial charge >= 0.3 is 0 Å². The minimum atomic E-state index is 0.465. The first-order valence-corrected chi connectivity index (χ1v) is 7.09. The largest absolute Gasteiger partial charge is 0.498 e. The van der Waals surface area contributed by atoms with E-state index in [0.29, 0.717) is 6.61 Å². The van der Waals surface area contributed by atoms with Gasteiger partial charge < -0.3 is 9.47 Å². The summed E-state index contributed by atoms with van der Waals surface area (Å²) in [6, 6.07) is 7.76. The van der Waals surface area contributed by atoms with E-state index in [-0.39, 0.29) is 0 Å². The molecule has 0 radical (unpaired) electrons. The van der Waals surface area contributed by atoms with E-state index in [1.807, 2.05) is 30.3 Å². The van der Waals surface area contributed by atoms with Gasteiger partial charge in [0.2, 0.25) is 0 Å². The predicted octanol–water partition coefficient (Wildman–Crippen LogP) is 5.18. The number of hydrogen-bond acceptors (Lipinski definition) is 2. The zero-order valence-corrected chi connectivity index (χ0v) is 13.3. The number of para-hydroxylation sites is 1. The molecule has 102 valence electrons. The van der Waals surface area contributed by atoms with E-state index >= 15 is 0 Å². The van der Waals surface area contributed by atoms with E-state index in [1.165, 1.54) is 6.42 Å². The van der Waals surface area contributed by atoms with Gasteiger partial charge in [0.15, 0.2) is 0 Å². The highest BCUT2D eigenvalue weighted by atomic mass is 79.9. The summed E-state index contributed by atoms with van der Waals surface area (Å²) in [7, 11) is 1.66. The van der Waals surface area contributed by atoms with E-state index in [4.69, 9.17) is 9.47 Å². The van der Waals surface area contributed by atoms with Gasteiger partial charge in [-0.15, -0.1) is 0 Å². The maximum absolute atomic E-state index is 5.60. The minimum Gasteiger partial charge on any atom is -0.498 e. The Kier molecular flexibility index (Phi) is 10.6. The Morgan fingerprint density at radius 3 is 2.33 bits per heavy atom. The third-order valence-corrected chi connectivity index (χ3v) is 2.56. The van der Waals surface area contributed by atoms with E-state index in [1.54, 1.807) is 7.11 Å². The van der Waals surface area contributed by atoms with E-state index < -0.39 is 0 Å². The van der Waals surface area contributed by atoms with Crippen LogP contribution < -0.4 is 4.74 Å². The number of allylic oxidation sites excluding steroid dienone is 1. The second kappa shape index (κ2) is 11.1. The van der Waals surface area contributed by atoms with Crippen molar-refractivity contribution >= 4 is 15.9 Å². The molecule has 0 spiro atoms. The molecule has 0 saturated heterocycles. The summed E-state index contributed by atoms with van der Waals surface area (Å²) in [5, 5.41) is 0. The molecule has 0 aromatic heterocycles. The van der Waals surface area contributed by atoms with Gasteiger partial charge in [-0.05, 0) is 40.6 Å². The Balaban J connectivity index is 0.000000873. The summed E-state index contributed by atoms with van der Waals surface area (Å²) in [5.41, 5.74) is 0. The van der Waals surface area contributed by atoms with Crippen molar-refractivity contribution in [1.82, 2.24) is 0 Å². The van der Waals surface area contributed by atoms with Crippen LogP contribution in [0.4, 0.5) is 0 Å². The molecule has 0 atom stereocenters. The molecule has 1 aromatic rings. The van der Waals surface area contributed by atoms with Crippen LogP contribution in [0.1, 0.15) is 33.6 Å². The Hall–Kier alpha value is -0.960. The molecule has 0 N–H and O–H groups in total. The van der Waals surface area contributed by atoms with Gasteiger partial charge in [-0.25, -0.2) is 0 Å². The minimum absolute atomic E-state index is 0.465. The normalized spacial score (nSPS) is 10.4. The average Bonchev–Trinajstić information content (AvgIpc) is 2.37. The molecule has 0 heterocycles. The summed E-state index contributed by atoms with van der Waals surface area (Å²) in [4.78, 5) is 0. The lowest BCUT2D eigenvalue weighted by atomic mass is 10.3. The molecule has 0 aliphatic carbocycles. The zero-order valence-electron chi connectivity index (χ0n) is 11.7. The Morgan fingerprint density at radius 1 is 1.22 bits per heavy atom. The molecule has 18 heavy (non-hydrogen) atoms. The van der Waals surface area contributed by atoms with Gasteiger partial charge in [0.1, 0.15) is 18.1 Å². The average molecular weight is 315 g/mol. The first kappa shape index (κ1) is 17.0. The van der Waals surface area contributed by atoms with Crippen LogP contribution in [0.25, 0.3) is 0 Å². The smallest absolute Gasteiger partial charge is 0.145 e. The van der Waals surface area contributed by atoms with Crippen LogP contribution in [0, 0.1) is 0 Å². The van der Waals surface area contributed by atoms with Crippen molar-refractivity contribution in [1.29, 1.82) is 0 Å².